The molecular weight excluding hydrogens is 570 g/mol. The fourth-order valence-electron chi connectivity index (χ4n) is 7.91. The van der Waals surface area contributed by atoms with Gasteiger partial charge in [0, 0.05) is 30.6 Å². The average Bonchev–Trinajstić information content (AvgIpc) is 3.66. The molecule has 3 aliphatic heterocycles. The van der Waals surface area contributed by atoms with Crippen LogP contribution in [0.3, 0.4) is 0 Å². The van der Waals surface area contributed by atoms with E-state index in [4.69, 9.17) is 0 Å². The highest BCUT2D eigenvalue weighted by Gasteiger charge is 2.74. The number of aliphatic hydroxyl groups excluding tert-OH is 1. The molecule has 8 heteroatoms. The number of carbonyl (C=O) groups excluding carboxylic acids is 3. The summed E-state index contributed by atoms with van der Waals surface area (Å²) < 4.78 is -0.759. The number of fused-ring (bicyclic) bond motifs is 1. The van der Waals surface area contributed by atoms with Crippen LogP contribution in [-0.4, -0.2) is 80.9 Å². The number of nitrogens with zero attached hydrogens (tertiary/aromatic N) is 3. The first-order chi connectivity index (χ1) is 21.2. The van der Waals surface area contributed by atoms with E-state index in [-0.39, 0.29) is 36.1 Å². The van der Waals surface area contributed by atoms with Gasteiger partial charge >= 0.3 is 0 Å². The average molecular weight is 616 g/mol. The van der Waals surface area contributed by atoms with Crippen molar-refractivity contribution in [2.24, 2.45) is 11.8 Å². The van der Waals surface area contributed by atoms with E-state index < -0.39 is 28.7 Å². The van der Waals surface area contributed by atoms with Gasteiger partial charge in [-0.2, -0.15) is 0 Å². The second-order valence-corrected chi connectivity index (χ2v) is 14.0. The van der Waals surface area contributed by atoms with Crippen molar-refractivity contribution in [3.05, 3.63) is 90.5 Å². The van der Waals surface area contributed by atoms with Crippen LogP contribution < -0.4 is 4.90 Å². The van der Waals surface area contributed by atoms with Gasteiger partial charge in [-0.1, -0.05) is 67.6 Å². The first-order valence-electron chi connectivity index (χ1n) is 15.8. The highest BCUT2D eigenvalue weighted by Crippen LogP contribution is 2.67. The van der Waals surface area contributed by atoms with Crippen LogP contribution in [0, 0.1) is 25.7 Å². The lowest BCUT2D eigenvalue weighted by molar-refractivity contribution is -0.145. The molecule has 3 fully saturated rings. The standard InChI is InChI=1S/C36H45N3O4S/c1-6-19-37(20-7-2)33(41)29-28-17-18-36(44-28)30(29)34(42)39(27(23-40)22-26-15-10-9-11-16-26)32(36)35(43)38(21-8-3)31-24(4)13-12-14-25(31)5/h6,8-16,27-30,32,40H,1,3,7,17-23H2,2,4-5H3/t27-,28-,29+,30+,32?,36?/m1/s1. The zero-order chi connectivity index (χ0) is 31.6. The lowest BCUT2D eigenvalue weighted by Gasteiger charge is -2.40. The first-order valence-corrected chi connectivity index (χ1v) is 16.6. The molecular formula is C36H45N3O4S. The largest absolute Gasteiger partial charge is 0.394 e. The molecule has 0 aromatic heterocycles. The molecule has 3 aliphatic rings. The summed E-state index contributed by atoms with van der Waals surface area (Å²) in [6.45, 7) is 14.8. The molecule has 2 bridgehead atoms. The predicted octanol–water partition coefficient (Wildman–Crippen LogP) is 4.94. The highest BCUT2D eigenvalue weighted by atomic mass is 32.2. The van der Waals surface area contributed by atoms with Crippen LogP contribution in [0.5, 0.6) is 0 Å². The van der Waals surface area contributed by atoms with E-state index in [1.54, 1.807) is 33.7 Å². The smallest absolute Gasteiger partial charge is 0.251 e. The fraction of sp³-hybridized carbons (Fsp3) is 0.472. The lowest BCUT2D eigenvalue weighted by atomic mass is 9.70. The Morgan fingerprint density at radius 2 is 1.75 bits per heavy atom. The monoisotopic (exact) mass is 615 g/mol. The van der Waals surface area contributed by atoms with Crippen LogP contribution in [0.4, 0.5) is 5.69 Å². The van der Waals surface area contributed by atoms with E-state index in [1.165, 1.54) is 0 Å². The Balaban J connectivity index is 1.63. The number of thioether (sulfide) groups is 1. The molecule has 3 saturated heterocycles. The zero-order valence-corrected chi connectivity index (χ0v) is 27.0. The quantitative estimate of drug-likeness (QED) is 0.323. The summed E-state index contributed by atoms with van der Waals surface area (Å²) in [4.78, 5) is 49.3. The van der Waals surface area contributed by atoms with Gasteiger partial charge in [0.2, 0.25) is 11.8 Å². The van der Waals surface area contributed by atoms with Crippen LogP contribution in [0.1, 0.15) is 42.9 Å². The van der Waals surface area contributed by atoms with E-state index in [1.807, 2.05) is 74.2 Å². The zero-order valence-electron chi connectivity index (χ0n) is 26.2. The van der Waals surface area contributed by atoms with Gasteiger partial charge in [0.15, 0.2) is 0 Å². The van der Waals surface area contributed by atoms with Crippen LogP contribution in [0.2, 0.25) is 0 Å². The van der Waals surface area contributed by atoms with Gasteiger partial charge in [-0.15, -0.1) is 24.9 Å². The topological polar surface area (TPSA) is 81.2 Å². The lowest BCUT2D eigenvalue weighted by Crippen LogP contribution is -2.58. The molecule has 6 atom stereocenters. The van der Waals surface area contributed by atoms with Crippen molar-refractivity contribution in [3.63, 3.8) is 0 Å². The summed E-state index contributed by atoms with van der Waals surface area (Å²) in [6, 6.07) is 14.3. The third kappa shape index (κ3) is 5.40. The second-order valence-electron chi connectivity index (χ2n) is 12.4. The molecule has 3 amide bonds. The number of amides is 3. The molecule has 0 aliphatic carbocycles. The summed E-state index contributed by atoms with van der Waals surface area (Å²) in [5, 5.41) is 10.8. The van der Waals surface area contributed by atoms with Crippen molar-refractivity contribution in [2.45, 2.75) is 68.5 Å². The predicted molar refractivity (Wildman–Crippen MR) is 178 cm³/mol. The second kappa shape index (κ2) is 13.3. The number of hydrogen-bond donors (Lipinski definition) is 1. The van der Waals surface area contributed by atoms with Crippen molar-refractivity contribution in [2.75, 3.05) is 31.1 Å². The molecule has 2 aromatic rings. The number of aryl methyl sites for hydroxylation is 2. The van der Waals surface area contributed by atoms with Crippen LogP contribution in [0.25, 0.3) is 0 Å². The number of aliphatic hydroxyl groups is 1. The van der Waals surface area contributed by atoms with Gasteiger partial charge < -0.3 is 19.8 Å². The summed E-state index contributed by atoms with van der Waals surface area (Å²) in [7, 11) is 0. The first kappa shape index (κ1) is 32.0. The molecule has 1 spiro atoms. The minimum atomic E-state index is -0.827. The van der Waals surface area contributed by atoms with Gasteiger partial charge in [0.05, 0.1) is 29.2 Å². The molecule has 2 aromatic carbocycles. The summed E-state index contributed by atoms with van der Waals surface area (Å²) in [6.07, 6.45) is 6.10. The van der Waals surface area contributed by atoms with Crippen LogP contribution in [-0.2, 0) is 20.8 Å². The van der Waals surface area contributed by atoms with Gasteiger partial charge in [0.25, 0.3) is 5.91 Å². The summed E-state index contributed by atoms with van der Waals surface area (Å²) in [5.41, 5.74) is 3.72. The number of anilines is 1. The van der Waals surface area contributed by atoms with Gasteiger partial charge in [-0.3, -0.25) is 14.4 Å². The molecule has 1 N–H and O–H groups in total. The van der Waals surface area contributed by atoms with E-state index in [9.17, 15) is 14.7 Å². The van der Waals surface area contributed by atoms with Gasteiger partial charge in [-0.05, 0) is 56.2 Å². The van der Waals surface area contributed by atoms with E-state index >= 15 is 4.79 Å². The number of hydrogen-bond acceptors (Lipinski definition) is 5. The van der Waals surface area contributed by atoms with Crippen molar-refractivity contribution in [3.8, 4) is 0 Å². The number of likely N-dealkylation sites (tertiary alicyclic amines) is 1. The molecule has 234 valence electrons. The fourth-order valence-corrected chi connectivity index (χ4v) is 10.1. The maximum absolute atomic E-state index is 15.1. The Morgan fingerprint density at radius 3 is 2.36 bits per heavy atom. The van der Waals surface area contributed by atoms with Gasteiger partial charge in [0.1, 0.15) is 6.04 Å². The number of benzene rings is 2. The molecule has 0 radical (unpaired) electrons. The van der Waals surface area contributed by atoms with E-state index in [2.05, 4.69) is 13.2 Å². The highest BCUT2D eigenvalue weighted by molar-refractivity contribution is 8.02. The number of rotatable bonds is 13. The minimum Gasteiger partial charge on any atom is -0.394 e. The van der Waals surface area contributed by atoms with Crippen molar-refractivity contribution in [1.29, 1.82) is 0 Å². The van der Waals surface area contributed by atoms with Crippen molar-refractivity contribution < 1.29 is 19.5 Å². The van der Waals surface area contributed by atoms with Crippen molar-refractivity contribution >= 4 is 35.2 Å². The van der Waals surface area contributed by atoms with E-state index in [0.717, 1.165) is 35.2 Å². The molecule has 44 heavy (non-hydrogen) atoms. The van der Waals surface area contributed by atoms with Crippen LogP contribution >= 0.6 is 11.8 Å². The third-order valence-corrected chi connectivity index (χ3v) is 11.6. The number of para-hydroxylation sites is 1. The molecule has 5 rings (SSSR count). The Labute approximate surface area is 266 Å². The summed E-state index contributed by atoms with van der Waals surface area (Å²) in [5.74, 6) is -1.55. The third-order valence-electron chi connectivity index (χ3n) is 9.62. The SMILES string of the molecule is C=CCN(CCC)C(=O)[C@@H]1[C@H]2C(=O)N([C@@H](CO)Cc3ccccc3)C(C(=O)N(CC=C)c3c(C)cccc3C)C23CC[C@H]1S3. The number of carbonyl (C=O) groups is 3. The Bertz CT molecular complexity index is 1390. The maximum Gasteiger partial charge on any atom is 0.251 e. The van der Waals surface area contributed by atoms with E-state index in [0.29, 0.717) is 25.9 Å². The normalized spacial score (nSPS) is 25.9. The molecule has 2 unspecified atom stereocenters. The minimum absolute atomic E-state index is 0.0291. The maximum atomic E-state index is 15.1. The van der Waals surface area contributed by atoms with Crippen molar-refractivity contribution in [1.82, 2.24) is 9.80 Å². The Morgan fingerprint density at radius 1 is 1.07 bits per heavy atom. The Kier molecular flexibility index (Phi) is 9.71. The van der Waals surface area contributed by atoms with Gasteiger partial charge in [-0.25, -0.2) is 0 Å². The Hall–Kier alpha value is -3.36. The molecule has 7 nitrogen and oxygen atoms in total. The van der Waals surface area contributed by atoms with Crippen LogP contribution in [0.15, 0.2) is 73.8 Å². The molecule has 3 heterocycles. The molecule has 0 saturated carbocycles. The summed E-state index contributed by atoms with van der Waals surface area (Å²) >= 11 is 1.67.